The molecule has 1 N–H and O–H groups in total. The van der Waals surface area contributed by atoms with E-state index in [1.165, 1.54) is 18.6 Å². The minimum absolute atomic E-state index is 0.354. The van der Waals surface area contributed by atoms with Gasteiger partial charge in [0.05, 0.1) is 5.56 Å². The molecule has 0 spiro atoms. The highest BCUT2D eigenvalue weighted by Crippen LogP contribution is 2.31. The summed E-state index contributed by atoms with van der Waals surface area (Å²) in [4.78, 5) is 0. The van der Waals surface area contributed by atoms with Crippen molar-refractivity contribution in [3.8, 4) is 17.2 Å². The van der Waals surface area contributed by atoms with Gasteiger partial charge in [0, 0.05) is 6.04 Å². The van der Waals surface area contributed by atoms with Crippen LogP contribution in [-0.4, -0.2) is 19.2 Å². The van der Waals surface area contributed by atoms with E-state index in [1.807, 2.05) is 0 Å². The molecule has 0 radical (unpaired) electrons. The predicted molar refractivity (Wildman–Crippen MR) is 84.5 cm³/mol. The third-order valence-corrected chi connectivity index (χ3v) is 3.85. The van der Waals surface area contributed by atoms with Crippen LogP contribution in [0.2, 0.25) is 0 Å². The fourth-order valence-corrected chi connectivity index (χ4v) is 2.55. The lowest BCUT2D eigenvalue weighted by atomic mass is 10.2. The van der Waals surface area contributed by atoms with Crippen LogP contribution in [0.1, 0.15) is 18.4 Å². The monoisotopic (exact) mass is 337 g/mol. The van der Waals surface area contributed by atoms with E-state index >= 15 is 0 Å². The molecule has 24 heavy (non-hydrogen) atoms. The molecular formula is C18H18F3NO2. The molecule has 2 aromatic carbocycles. The fraction of sp³-hybridized carbons (Fsp3) is 0.333. The Kier molecular flexibility index (Phi) is 4.94. The molecule has 3 rings (SSSR count). The van der Waals surface area contributed by atoms with Gasteiger partial charge in [-0.1, -0.05) is 0 Å². The average molecular weight is 337 g/mol. The van der Waals surface area contributed by atoms with E-state index in [1.54, 1.807) is 24.3 Å². The number of alkyl halides is 3. The summed E-state index contributed by atoms with van der Waals surface area (Å²) in [6.45, 7) is 1.66. The largest absolute Gasteiger partial charge is 0.492 e. The van der Waals surface area contributed by atoms with Gasteiger partial charge >= 0.3 is 6.18 Å². The van der Waals surface area contributed by atoms with E-state index in [9.17, 15) is 13.2 Å². The molecule has 1 atom stereocenters. The Morgan fingerprint density at radius 1 is 0.917 bits per heavy atom. The van der Waals surface area contributed by atoms with Gasteiger partial charge in [0.1, 0.15) is 23.9 Å². The highest BCUT2D eigenvalue weighted by molar-refractivity contribution is 5.36. The molecule has 1 heterocycles. The van der Waals surface area contributed by atoms with Crippen molar-refractivity contribution in [3.63, 3.8) is 0 Å². The zero-order valence-electron chi connectivity index (χ0n) is 13.0. The van der Waals surface area contributed by atoms with Gasteiger partial charge in [0.2, 0.25) is 0 Å². The first-order valence-electron chi connectivity index (χ1n) is 7.82. The van der Waals surface area contributed by atoms with E-state index in [4.69, 9.17) is 9.47 Å². The SMILES string of the molecule is FC(F)(F)c1ccc(Oc2ccc(OC[C@@H]3CCCN3)cc2)cc1. The smallest absolute Gasteiger partial charge is 0.416 e. The van der Waals surface area contributed by atoms with E-state index in [2.05, 4.69) is 5.32 Å². The quantitative estimate of drug-likeness (QED) is 0.863. The third-order valence-electron chi connectivity index (χ3n) is 3.85. The minimum Gasteiger partial charge on any atom is -0.492 e. The zero-order chi connectivity index (χ0) is 17.0. The highest BCUT2D eigenvalue weighted by atomic mass is 19.4. The van der Waals surface area contributed by atoms with Crippen molar-refractivity contribution in [2.24, 2.45) is 0 Å². The average Bonchev–Trinajstić information content (AvgIpc) is 3.07. The lowest BCUT2D eigenvalue weighted by molar-refractivity contribution is -0.137. The summed E-state index contributed by atoms with van der Waals surface area (Å²) in [7, 11) is 0. The number of halogens is 3. The van der Waals surface area contributed by atoms with Crippen molar-refractivity contribution in [1.82, 2.24) is 5.32 Å². The van der Waals surface area contributed by atoms with E-state index < -0.39 is 11.7 Å². The normalized spacial score (nSPS) is 17.7. The number of rotatable bonds is 5. The molecule has 0 unspecified atom stereocenters. The Morgan fingerprint density at radius 2 is 1.50 bits per heavy atom. The summed E-state index contributed by atoms with van der Waals surface area (Å²) in [5, 5.41) is 3.36. The number of hydrogen-bond acceptors (Lipinski definition) is 3. The van der Waals surface area contributed by atoms with Crippen LogP contribution in [0.15, 0.2) is 48.5 Å². The maximum atomic E-state index is 12.5. The van der Waals surface area contributed by atoms with Gasteiger partial charge in [-0.15, -0.1) is 0 Å². The summed E-state index contributed by atoms with van der Waals surface area (Å²) < 4.78 is 48.8. The molecule has 0 saturated carbocycles. The molecule has 1 aliphatic rings. The first kappa shape index (κ1) is 16.6. The summed E-state index contributed by atoms with van der Waals surface area (Å²) in [5.41, 5.74) is -0.695. The van der Waals surface area contributed by atoms with Crippen molar-refractivity contribution >= 4 is 0 Å². The second-order valence-corrected chi connectivity index (χ2v) is 5.70. The standard InChI is InChI=1S/C18H18F3NO2/c19-18(20,21)13-3-5-16(6-4-13)24-17-9-7-15(8-10-17)23-12-14-2-1-11-22-14/h3-10,14,22H,1-2,11-12H2/t14-/m0/s1. The Bertz CT molecular complexity index is 647. The molecule has 2 aromatic rings. The maximum absolute atomic E-state index is 12.5. The van der Waals surface area contributed by atoms with Crippen LogP contribution in [0, 0.1) is 0 Å². The van der Waals surface area contributed by atoms with E-state index in [0.29, 0.717) is 24.1 Å². The molecular weight excluding hydrogens is 319 g/mol. The summed E-state index contributed by atoms with van der Waals surface area (Å²) in [6.07, 6.45) is -2.05. The Labute approximate surface area is 138 Å². The molecule has 3 nitrogen and oxygen atoms in total. The van der Waals surface area contributed by atoms with Crippen molar-refractivity contribution in [2.45, 2.75) is 25.1 Å². The lowest BCUT2D eigenvalue weighted by Crippen LogP contribution is -2.28. The third kappa shape index (κ3) is 4.41. The molecule has 6 heteroatoms. The van der Waals surface area contributed by atoms with Crippen LogP contribution in [0.25, 0.3) is 0 Å². The molecule has 0 bridgehead atoms. The molecule has 0 aromatic heterocycles. The molecule has 1 saturated heterocycles. The predicted octanol–water partition coefficient (Wildman–Crippen LogP) is 4.63. The maximum Gasteiger partial charge on any atom is 0.416 e. The molecule has 1 fully saturated rings. The fourth-order valence-electron chi connectivity index (χ4n) is 2.55. The van der Waals surface area contributed by atoms with Crippen LogP contribution in [-0.2, 0) is 6.18 Å². The Balaban J connectivity index is 1.55. The summed E-state index contributed by atoms with van der Waals surface area (Å²) >= 11 is 0. The van der Waals surface area contributed by atoms with E-state index in [0.717, 1.165) is 30.8 Å². The van der Waals surface area contributed by atoms with Gasteiger partial charge in [-0.05, 0) is 67.9 Å². The number of benzene rings is 2. The first-order valence-corrected chi connectivity index (χ1v) is 7.82. The van der Waals surface area contributed by atoms with Gasteiger partial charge in [-0.3, -0.25) is 0 Å². The Morgan fingerprint density at radius 3 is 2.04 bits per heavy atom. The van der Waals surface area contributed by atoms with Crippen molar-refractivity contribution in [2.75, 3.05) is 13.2 Å². The van der Waals surface area contributed by atoms with Gasteiger partial charge < -0.3 is 14.8 Å². The number of hydrogen-bond donors (Lipinski definition) is 1. The van der Waals surface area contributed by atoms with Gasteiger partial charge in [-0.2, -0.15) is 13.2 Å². The van der Waals surface area contributed by atoms with Crippen LogP contribution >= 0.6 is 0 Å². The van der Waals surface area contributed by atoms with Crippen LogP contribution in [0.3, 0.4) is 0 Å². The first-order chi connectivity index (χ1) is 11.5. The minimum atomic E-state index is -4.34. The molecule has 0 aliphatic carbocycles. The van der Waals surface area contributed by atoms with Crippen molar-refractivity contribution < 1.29 is 22.6 Å². The van der Waals surface area contributed by atoms with Crippen LogP contribution < -0.4 is 14.8 Å². The second-order valence-electron chi connectivity index (χ2n) is 5.70. The molecule has 0 amide bonds. The highest BCUT2D eigenvalue weighted by Gasteiger charge is 2.30. The van der Waals surface area contributed by atoms with Gasteiger partial charge in [-0.25, -0.2) is 0 Å². The van der Waals surface area contributed by atoms with Crippen molar-refractivity contribution in [3.05, 3.63) is 54.1 Å². The van der Waals surface area contributed by atoms with Crippen LogP contribution in [0.4, 0.5) is 13.2 Å². The van der Waals surface area contributed by atoms with Gasteiger partial charge in [0.15, 0.2) is 0 Å². The number of ether oxygens (including phenoxy) is 2. The van der Waals surface area contributed by atoms with Gasteiger partial charge in [0.25, 0.3) is 0 Å². The summed E-state index contributed by atoms with van der Waals surface area (Å²) in [5.74, 6) is 1.64. The Hall–Kier alpha value is -2.21. The second kappa shape index (κ2) is 7.13. The summed E-state index contributed by atoms with van der Waals surface area (Å²) in [6, 6.07) is 12.0. The van der Waals surface area contributed by atoms with Crippen LogP contribution in [0.5, 0.6) is 17.2 Å². The zero-order valence-corrected chi connectivity index (χ0v) is 13.0. The lowest BCUT2D eigenvalue weighted by Gasteiger charge is -2.13. The van der Waals surface area contributed by atoms with E-state index in [-0.39, 0.29) is 0 Å². The molecule has 128 valence electrons. The number of nitrogens with one attached hydrogen (secondary N) is 1. The topological polar surface area (TPSA) is 30.5 Å². The van der Waals surface area contributed by atoms with Crippen molar-refractivity contribution in [1.29, 1.82) is 0 Å². The molecule has 1 aliphatic heterocycles.